The molecule has 29 heavy (non-hydrogen) atoms. The number of piperazine rings is 1. The highest BCUT2D eigenvalue weighted by molar-refractivity contribution is 5.92. The molecule has 0 spiro atoms. The Morgan fingerprint density at radius 3 is 2.55 bits per heavy atom. The van der Waals surface area contributed by atoms with Crippen LogP contribution in [0.25, 0.3) is 0 Å². The number of carbonyl (C=O) groups excluding carboxylic acids is 2. The van der Waals surface area contributed by atoms with E-state index in [1.54, 1.807) is 19.3 Å². The molecule has 8 heteroatoms. The molecule has 3 amide bonds. The average molecular weight is 396 g/mol. The first kappa shape index (κ1) is 20.6. The third kappa shape index (κ3) is 5.68. The summed E-state index contributed by atoms with van der Waals surface area (Å²) in [5.74, 6) is -0.176. The summed E-state index contributed by atoms with van der Waals surface area (Å²) in [5.41, 5.74) is 3.43. The Bertz CT molecular complexity index is 831. The van der Waals surface area contributed by atoms with Crippen LogP contribution >= 0.6 is 0 Å². The van der Waals surface area contributed by atoms with E-state index in [4.69, 9.17) is 0 Å². The summed E-state index contributed by atoms with van der Waals surface area (Å²) in [6.45, 7) is 7.00. The van der Waals surface area contributed by atoms with Crippen LogP contribution < -0.4 is 20.9 Å². The van der Waals surface area contributed by atoms with Crippen LogP contribution in [-0.2, 0) is 6.54 Å². The molecule has 1 aliphatic rings. The second-order valence-electron chi connectivity index (χ2n) is 6.93. The molecule has 2 aromatic rings. The summed E-state index contributed by atoms with van der Waals surface area (Å²) in [4.78, 5) is 32.2. The summed E-state index contributed by atoms with van der Waals surface area (Å²) >= 11 is 0. The van der Waals surface area contributed by atoms with E-state index >= 15 is 0 Å². The van der Waals surface area contributed by atoms with Crippen molar-refractivity contribution in [3.05, 3.63) is 53.9 Å². The summed E-state index contributed by atoms with van der Waals surface area (Å²) in [6, 6.07) is 11.5. The van der Waals surface area contributed by atoms with Crippen LogP contribution in [0.4, 0.5) is 16.2 Å². The minimum absolute atomic E-state index is 0.176. The number of pyridine rings is 1. The Morgan fingerprint density at radius 2 is 1.90 bits per heavy atom. The lowest BCUT2D eigenvalue weighted by atomic mass is 10.1. The van der Waals surface area contributed by atoms with Gasteiger partial charge in [0, 0.05) is 52.0 Å². The van der Waals surface area contributed by atoms with Gasteiger partial charge in [-0.1, -0.05) is 12.1 Å². The summed E-state index contributed by atoms with van der Waals surface area (Å²) in [5, 5.41) is 8.17. The largest absolute Gasteiger partial charge is 0.368 e. The molecule has 1 saturated heterocycles. The van der Waals surface area contributed by atoms with Gasteiger partial charge in [0.2, 0.25) is 0 Å². The van der Waals surface area contributed by atoms with E-state index in [1.165, 1.54) is 5.56 Å². The third-order valence-electron chi connectivity index (χ3n) is 4.87. The third-order valence-corrected chi connectivity index (χ3v) is 4.87. The van der Waals surface area contributed by atoms with Crippen LogP contribution in [0.3, 0.4) is 0 Å². The van der Waals surface area contributed by atoms with Gasteiger partial charge in [0.25, 0.3) is 5.91 Å². The standard InChI is InChI=1S/C21H28N6O2/c1-3-23-21(29)25-17-6-4-5-16(13-17)15-26-9-11-27(12-10-26)18-7-8-19(24-14-18)20(28)22-2/h4-8,13-14H,3,9-12,15H2,1-2H3,(H,22,28)(H2,23,25,29). The van der Waals surface area contributed by atoms with Crippen LogP contribution in [0.5, 0.6) is 0 Å². The van der Waals surface area contributed by atoms with Gasteiger partial charge in [0.1, 0.15) is 5.69 Å². The maximum absolute atomic E-state index is 11.7. The molecule has 1 fully saturated rings. The molecule has 0 bridgehead atoms. The fraction of sp³-hybridized carbons (Fsp3) is 0.381. The molecule has 8 nitrogen and oxygen atoms in total. The van der Waals surface area contributed by atoms with Gasteiger partial charge in [-0.15, -0.1) is 0 Å². The van der Waals surface area contributed by atoms with Crippen molar-refractivity contribution in [1.82, 2.24) is 20.5 Å². The van der Waals surface area contributed by atoms with Crippen LogP contribution in [0.2, 0.25) is 0 Å². The number of amides is 3. The number of benzene rings is 1. The number of anilines is 2. The van der Waals surface area contributed by atoms with E-state index < -0.39 is 0 Å². The number of rotatable bonds is 6. The highest BCUT2D eigenvalue weighted by atomic mass is 16.2. The lowest BCUT2D eigenvalue weighted by Gasteiger charge is -2.36. The number of nitrogens with zero attached hydrogens (tertiary/aromatic N) is 3. The Hall–Kier alpha value is -3.13. The van der Waals surface area contributed by atoms with Crippen molar-refractivity contribution >= 4 is 23.3 Å². The molecular formula is C21H28N6O2. The summed E-state index contributed by atoms with van der Waals surface area (Å²) < 4.78 is 0. The molecule has 3 rings (SSSR count). The minimum Gasteiger partial charge on any atom is -0.368 e. The van der Waals surface area contributed by atoms with Gasteiger partial charge in [-0.2, -0.15) is 0 Å². The van der Waals surface area contributed by atoms with Crippen molar-refractivity contribution in [2.45, 2.75) is 13.5 Å². The molecule has 0 aliphatic carbocycles. The number of nitrogens with one attached hydrogen (secondary N) is 3. The highest BCUT2D eigenvalue weighted by Gasteiger charge is 2.18. The van der Waals surface area contributed by atoms with E-state index in [0.717, 1.165) is 44.1 Å². The summed E-state index contributed by atoms with van der Waals surface area (Å²) in [7, 11) is 1.60. The number of hydrogen-bond donors (Lipinski definition) is 3. The minimum atomic E-state index is -0.186. The lowest BCUT2D eigenvalue weighted by Crippen LogP contribution is -2.46. The number of aromatic nitrogens is 1. The predicted molar refractivity (Wildman–Crippen MR) is 114 cm³/mol. The lowest BCUT2D eigenvalue weighted by molar-refractivity contribution is 0.0958. The molecule has 0 radical (unpaired) electrons. The molecule has 1 aliphatic heterocycles. The molecule has 3 N–H and O–H groups in total. The van der Waals surface area contributed by atoms with Gasteiger partial charge >= 0.3 is 6.03 Å². The highest BCUT2D eigenvalue weighted by Crippen LogP contribution is 2.18. The first-order valence-electron chi connectivity index (χ1n) is 9.88. The molecule has 0 atom stereocenters. The Balaban J connectivity index is 1.52. The normalized spacial score (nSPS) is 14.3. The van der Waals surface area contributed by atoms with Crippen molar-refractivity contribution in [3.63, 3.8) is 0 Å². The van der Waals surface area contributed by atoms with E-state index in [0.29, 0.717) is 12.2 Å². The van der Waals surface area contributed by atoms with Gasteiger partial charge in [-0.05, 0) is 36.8 Å². The van der Waals surface area contributed by atoms with E-state index in [2.05, 4.69) is 36.8 Å². The molecule has 1 aromatic carbocycles. The Morgan fingerprint density at radius 1 is 1.10 bits per heavy atom. The van der Waals surface area contributed by atoms with Gasteiger partial charge in [-0.25, -0.2) is 9.78 Å². The first-order valence-corrected chi connectivity index (χ1v) is 9.88. The second-order valence-corrected chi connectivity index (χ2v) is 6.93. The topological polar surface area (TPSA) is 89.6 Å². The van der Waals surface area contributed by atoms with Crippen molar-refractivity contribution in [2.24, 2.45) is 0 Å². The van der Waals surface area contributed by atoms with Gasteiger partial charge in [-0.3, -0.25) is 9.69 Å². The van der Waals surface area contributed by atoms with Crippen molar-refractivity contribution < 1.29 is 9.59 Å². The number of urea groups is 1. The van der Waals surface area contributed by atoms with Crippen molar-refractivity contribution in [1.29, 1.82) is 0 Å². The van der Waals surface area contributed by atoms with E-state index in [9.17, 15) is 9.59 Å². The maximum Gasteiger partial charge on any atom is 0.319 e. The Labute approximate surface area is 171 Å². The van der Waals surface area contributed by atoms with Crippen LogP contribution in [-0.4, -0.2) is 61.6 Å². The SMILES string of the molecule is CCNC(=O)Nc1cccc(CN2CCN(c3ccc(C(=O)NC)nc3)CC2)c1. The smallest absolute Gasteiger partial charge is 0.319 e. The zero-order valence-corrected chi connectivity index (χ0v) is 16.9. The quantitative estimate of drug-likeness (QED) is 0.694. The molecule has 154 valence electrons. The van der Waals surface area contributed by atoms with Gasteiger partial charge in [0.05, 0.1) is 11.9 Å². The number of carbonyl (C=O) groups is 2. The summed E-state index contributed by atoms with van der Waals surface area (Å²) in [6.07, 6.45) is 1.76. The predicted octanol–water partition coefficient (Wildman–Crippen LogP) is 1.90. The maximum atomic E-state index is 11.7. The fourth-order valence-electron chi connectivity index (χ4n) is 3.34. The second kappa shape index (κ2) is 9.88. The molecule has 0 unspecified atom stereocenters. The van der Waals surface area contributed by atoms with E-state index in [-0.39, 0.29) is 11.9 Å². The van der Waals surface area contributed by atoms with Crippen LogP contribution in [0, 0.1) is 0 Å². The number of hydrogen-bond acceptors (Lipinski definition) is 5. The fourth-order valence-corrected chi connectivity index (χ4v) is 3.34. The van der Waals surface area contributed by atoms with Crippen LogP contribution in [0.15, 0.2) is 42.6 Å². The molecule has 0 saturated carbocycles. The molecule has 2 heterocycles. The Kier molecular flexibility index (Phi) is 7.02. The van der Waals surface area contributed by atoms with Crippen molar-refractivity contribution in [3.8, 4) is 0 Å². The molecular weight excluding hydrogens is 368 g/mol. The zero-order valence-electron chi connectivity index (χ0n) is 16.9. The van der Waals surface area contributed by atoms with Crippen LogP contribution in [0.1, 0.15) is 23.0 Å². The molecule has 1 aromatic heterocycles. The van der Waals surface area contributed by atoms with Crippen molar-refractivity contribution in [2.75, 3.05) is 50.0 Å². The first-order chi connectivity index (χ1) is 14.1. The van der Waals surface area contributed by atoms with Gasteiger partial charge < -0.3 is 20.9 Å². The monoisotopic (exact) mass is 396 g/mol. The average Bonchev–Trinajstić information content (AvgIpc) is 2.74. The van der Waals surface area contributed by atoms with E-state index in [1.807, 2.05) is 31.2 Å². The van der Waals surface area contributed by atoms with Gasteiger partial charge in [0.15, 0.2) is 0 Å². The zero-order chi connectivity index (χ0) is 20.6.